The van der Waals surface area contributed by atoms with Gasteiger partial charge < -0.3 is 15.7 Å². The second kappa shape index (κ2) is 8.12. The van der Waals surface area contributed by atoms with Gasteiger partial charge in [0, 0.05) is 18.6 Å². The maximum atomic E-state index is 9.24. The fraction of sp³-hybridized carbons (Fsp3) is 0.667. The number of hydrogen-bond acceptors (Lipinski definition) is 4. The molecule has 0 aliphatic carbocycles. The number of aliphatic hydroxyl groups excluding tert-OH is 1. The van der Waals surface area contributed by atoms with Crippen LogP contribution in [0.4, 0.5) is 5.69 Å². The molecule has 0 amide bonds. The van der Waals surface area contributed by atoms with E-state index in [9.17, 15) is 5.11 Å². The van der Waals surface area contributed by atoms with Gasteiger partial charge in [-0.15, -0.1) is 0 Å². The molecule has 19 heavy (non-hydrogen) atoms. The molecule has 0 bridgehead atoms. The third kappa shape index (κ3) is 4.18. The van der Waals surface area contributed by atoms with Crippen LogP contribution in [0.25, 0.3) is 0 Å². The molecule has 1 rings (SSSR count). The first-order chi connectivity index (χ1) is 9.17. The molecule has 0 unspecified atom stereocenters. The molecule has 0 saturated carbocycles. The van der Waals surface area contributed by atoms with Crippen LogP contribution in [-0.2, 0) is 0 Å². The summed E-state index contributed by atoms with van der Waals surface area (Å²) in [4.78, 5) is 6.69. The van der Waals surface area contributed by atoms with E-state index in [1.165, 1.54) is 0 Å². The molecule has 0 aliphatic rings. The van der Waals surface area contributed by atoms with Crippen molar-refractivity contribution in [1.29, 1.82) is 0 Å². The molecular formula is C15H27N3O. The molecular weight excluding hydrogens is 238 g/mol. The Morgan fingerprint density at radius 3 is 2.32 bits per heavy atom. The molecule has 3 N–H and O–H groups in total. The SMILES string of the molecule is CCC(CC)N(CCO)c1ccc([C@H](N)CC)nc1. The average Bonchev–Trinajstić information content (AvgIpc) is 2.47. The van der Waals surface area contributed by atoms with E-state index in [2.05, 4.69) is 36.7 Å². The molecule has 4 nitrogen and oxygen atoms in total. The van der Waals surface area contributed by atoms with Crippen LogP contribution in [0.2, 0.25) is 0 Å². The number of aliphatic hydroxyl groups is 1. The van der Waals surface area contributed by atoms with Gasteiger partial charge in [-0.1, -0.05) is 20.8 Å². The number of nitrogens with zero attached hydrogens (tertiary/aromatic N) is 2. The number of rotatable bonds is 8. The maximum Gasteiger partial charge on any atom is 0.0606 e. The summed E-state index contributed by atoms with van der Waals surface area (Å²) in [6.45, 7) is 7.21. The maximum absolute atomic E-state index is 9.24. The number of anilines is 1. The molecule has 0 fully saturated rings. The standard InChI is InChI=1S/C15H27N3O/c1-4-12(5-2)18(9-10-19)13-7-8-15(17-11-13)14(16)6-3/h7-8,11-12,14,19H,4-6,9-10,16H2,1-3H3/t14-/m1/s1. The van der Waals surface area contributed by atoms with Gasteiger partial charge in [-0.2, -0.15) is 0 Å². The van der Waals surface area contributed by atoms with Crippen LogP contribution >= 0.6 is 0 Å². The predicted molar refractivity (Wildman–Crippen MR) is 80.3 cm³/mol. The van der Waals surface area contributed by atoms with Gasteiger partial charge in [0.05, 0.1) is 24.2 Å². The van der Waals surface area contributed by atoms with Gasteiger partial charge in [-0.05, 0) is 31.4 Å². The van der Waals surface area contributed by atoms with Crippen molar-refractivity contribution in [2.45, 2.75) is 52.1 Å². The van der Waals surface area contributed by atoms with E-state index in [0.29, 0.717) is 12.6 Å². The summed E-state index contributed by atoms with van der Waals surface area (Å²) in [6.07, 6.45) is 4.89. The fourth-order valence-corrected chi connectivity index (χ4v) is 2.36. The van der Waals surface area contributed by atoms with Crippen LogP contribution in [-0.4, -0.2) is 29.3 Å². The van der Waals surface area contributed by atoms with Crippen molar-refractivity contribution in [3.8, 4) is 0 Å². The topological polar surface area (TPSA) is 62.4 Å². The first-order valence-corrected chi connectivity index (χ1v) is 7.26. The summed E-state index contributed by atoms with van der Waals surface area (Å²) in [5.41, 5.74) is 7.97. The molecule has 0 spiro atoms. The van der Waals surface area contributed by atoms with Crippen molar-refractivity contribution < 1.29 is 5.11 Å². The van der Waals surface area contributed by atoms with Gasteiger partial charge in [0.15, 0.2) is 0 Å². The normalized spacial score (nSPS) is 12.7. The third-order valence-corrected chi connectivity index (χ3v) is 3.65. The second-order valence-electron chi connectivity index (χ2n) is 4.84. The van der Waals surface area contributed by atoms with E-state index in [1.807, 2.05) is 12.3 Å². The zero-order valence-electron chi connectivity index (χ0n) is 12.3. The van der Waals surface area contributed by atoms with E-state index in [4.69, 9.17) is 5.73 Å². The molecule has 1 aromatic heterocycles. The summed E-state index contributed by atoms with van der Waals surface area (Å²) in [6, 6.07) is 4.51. The molecule has 0 saturated heterocycles. The largest absolute Gasteiger partial charge is 0.395 e. The Balaban J connectivity index is 2.90. The predicted octanol–water partition coefficient (Wildman–Crippen LogP) is 2.48. The van der Waals surface area contributed by atoms with E-state index in [1.54, 1.807) is 0 Å². The smallest absolute Gasteiger partial charge is 0.0606 e. The number of pyridine rings is 1. The van der Waals surface area contributed by atoms with Crippen LogP contribution in [0.3, 0.4) is 0 Å². The van der Waals surface area contributed by atoms with Gasteiger partial charge in [0.1, 0.15) is 0 Å². The lowest BCUT2D eigenvalue weighted by molar-refractivity contribution is 0.296. The summed E-state index contributed by atoms with van der Waals surface area (Å²) < 4.78 is 0. The minimum atomic E-state index is 0.00786. The first-order valence-electron chi connectivity index (χ1n) is 7.26. The Morgan fingerprint density at radius 2 is 1.89 bits per heavy atom. The lowest BCUT2D eigenvalue weighted by atomic mass is 10.1. The Labute approximate surface area is 116 Å². The van der Waals surface area contributed by atoms with Gasteiger partial charge in [0.25, 0.3) is 0 Å². The van der Waals surface area contributed by atoms with Crippen LogP contribution in [0.15, 0.2) is 18.3 Å². The van der Waals surface area contributed by atoms with E-state index < -0.39 is 0 Å². The highest BCUT2D eigenvalue weighted by Crippen LogP contribution is 2.21. The van der Waals surface area contributed by atoms with Crippen molar-refractivity contribution in [1.82, 2.24) is 4.98 Å². The first kappa shape index (κ1) is 15.9. The summed E-state index contributed by atoms with van der Waals surface area (Å²) >= 11 is 0. The molecule has 0 radical (unpaired) electrons. The molecule has 108 valence electrons. The lowest BCUT2D eigenvalue weighted by Crippen LogP contribution is -2.36. The van der Waals surface area contributed by atoms with Crippen molar-refractivity contribution >= 4 is 5.69 Å². The van der Waals surface area contributed by atoms with Gasteiger partial charge in [-0.25, -0.2) is 0 Å². The van der Waals surface area contributed by atoms with Gasteiger partial charge in [-0.3, -0.25) is 4.98 Å². The molecule has 1 aromatic rings. The Morgan fingerprint density at radius 1 is 1.21 bits per heavy atom. The minimum Gasteiger partial charge on any atom is -0.395 e. The highest BCUT2D eigenvalue weighted by molar-refractivity contribution is 5.46. The molecule has 4 heteroatoms. The Kier molecular flexibility index (Phi) is 6.81. The van der Waals surface area contributed by atoms with Crippen LogP contribution in [0.5, 0.6) is 0 Å². The van der Waals surface area contributed by atoms with Crippen molar-refractivity contribution in [2.75, 3.05) is 18.1 Å². The zero-order chi connectivity index (χ0) is 14.3. The zero-order valence-corrected chi connectivity index (χ0v) is 12.3. The van der Waals surface area contributed by atoms with Crippen LogP contribution in [0, 0.1) is 0 Å². The van der Waals surface area contributed by atoms with Crippen LogP contribution < -0.4 is 10.6 Å². The molecule has 0 aliphatic heterocycles. The minimum absolute atomic E-state index is 0.00786. The number of hydrogen-bond donors (Lipinski definition) is 2. The van der Waals surface area contributed by atoms with E-state index >= 15 is 0 Å². The number of aromatic nitrogens is 1. The molecule has 0 aromatic carbocycles. The van der Waals surface area contributed by atoms with Crippen molar-refractivity contribution in [3.05, 3.63) is 24.0 Å². The summed E-state index contributed by atoms with van der Waals surface area (Å²) in [7, 11) is 0. The Hall–Kier alpha value is -1.13. The highest BCUT2D eigenvalue weighted by atomic mass is 16.3. The van der Waals surface area contributed by atoms with Gasteiger partial charge in [0.2, 0.25) is 0 Å². The third-order valence-electron chi connectivity index (χ3n) is 3.65. The van der Waals surface area contributed by atoms with E-state index in [0.717, 1.165) is 30.6 Å². The summed E-state index contributed by atoms with van der Waals surface area (Å²) in [5.74, 6) is 0. The van der Waals surface area contributed by atoms with Gasteiger partial charge >= 0.3 is 0 Å². The highest BCUT2D eigenvalue weighted by Gasteiger charge is 2.16. The fourth-order valence-electron chi connectivity index (χ4n) is 2.36. The number of nitrogens with two attached hydrogens (primary N) is 1. The lowest BCUT2D eigenvalue weighted by Gasteiger charge is -2.32. The Bertz CT molecular complexity index is 349. The molecule has 1 heterocycles. The second-order valence-corrected chi connectivity index (χ2v) is 4.84. The monoisotopic (exact) mass is 265 g/mol. The quantitative estimate of drug-likeness (QED) is 0.758. The van der Waals surface area contributed by atoms with Crippen LogP contribution in [0.1, 0.15) is 51.8 Å². The van der Waals surface area contributed by atoms with E-state index in [-0.39, 0.29) is 12.6 Å². The van der Waals surface area contributed by atoms with Crippen molar-refractivity contribution in [3.63, 3.8) is 0 Å². The van der Waals surface area contributed by atoms with Crippen molar-refractivity contribution in [2.24, 2.45) is 5.73 Å². The molecule has 1 atom stereocenters. The summed E-state index contributed by atoms with van der Waals surface area (Å²) in [5, 5.41) is 9.24. The average molecular weight is 265 g/mol.